The normalized spacial score (nSPS) is 21.5. The zero-order chi connectivity index (χ0) is 14.5. The molecule has 2 aliphatic carbocycles. The molecule has 21 heavy (non-hydrogen) atoms. The molecule has 0 atom stereocenters. The highest BCUT2D eigenvalue weighted by molar-refractivity contribution is 5.80. The summed E-state index contributed by atoms with van der Waals surface area (Å²) in [5.41, 5.74) is 0.973. The second-order valence-corrected chi connectivity index (χ2v) is 7.00. The maximum atomic E-state index is 12.3. The van der Waals surface area contributed by atoms with E-state index >= 15 is 0 Å². The zero-order valence-corrected chi connectivity index (χ0v) is 13.1. The molecule has 2 fully saturated rings. The number of nitrogens with zero attached hydrogens (tertiary/aromatic N) is 2. The van der Waals surface area contributed by atoms with Crippen molar-refractivity contribution in [3.63, 3.8) is 0 Å². The van der Waals surface area contributed by atoms with Crippen LogP contribution in [0.1, 0.15) is 82.4 Å². The van der Waals surface area contributed by atoms with Gasteiger partial charge in [-0.1, -0.05) is 51.4 Å². The number of ketones is 1. The van der Waals surface area contributed by atoms with E-state index in [-0.39, 0.29) is 0 Å². The van der Waals surface area contributed by atoms with Crippen molar-refractivity contribution in [3.8, 4) is 0 Å². The summed E-state index contributed by atoms with van der Waals surface area (Å²) in [4.78, 5) is 12.3. The van der Waals surface area contributed by atoms with Crippen LogP contribution >= 0.6 is 0 Å². The molecule has 116 valence electrons. The number of carbonyl (C=O) groups excluding carboxylic acids is 1. The van der Waals surface area contributed by atoms with Gasteiger partial charge in [0.15, 0.2) is 0 Å². The topological polar surface area (TPSA) is 34.9 Å². The van der Waals surface area contributed by atoms with E-state index in [9.17, 15) is 4.79 Å². The van der Waals surface area contributed by atoms with E-state index in [1.165, 1.54) is 64.2 Å². The van der Waals surface area contributed by atoms with Crippen molar-refractivity contribution in [2.75, 3.05) is 0 Å². The first-order valence-corrected chi connectivity index (χ1v) is 8.87. The van der Waals surface area contributed by atoms with Crippen molar-refractivity contribution < 1.29 is 4.79 Å². The van der Waals surface area contributed by atoms with Gasteiger partial charge in [-0.3, -0.25) is 9.48 Å². The van der Waals surface area contributed by atoms with Gasteiger partial charge in [-0.15, -0.1) is 0 Å². The highest BCUT2D eigenvalue weighted by Crippen LogP contribution is 2.29. The Kier molecular flexibility index (Phi) is 5.10. The van der Waals surface area contributed by atoms with Gasteiger partial charge in [-0.05, 0) is 24.8 Å². The molecule has 2 saturated carbocycles. The predicted molar refractivity (Wildman–Crippen MR) is 84.3 cm³/mol. The summed E-state index contributed by atoms with van der Waals surface area (Å²) >= 11 is 0. The summed E-state index contributed by atoms with van der Waals surface area (Å²) in [6.07, 6.45) is 16.4. The molecule has 0 bridgehead atoms. The molecule has 3 nitrogen and oxygen atoms in total. The molecule has 0 N–H and O–H groups in total. The van der Waals surface area contributed by atoms with Gasteiger partial charge in [0.25, 0.3) is 0 Å². The van der Waals surface area contributed by atoms with E-state index in [0.29, 0.717) is 24.2 Å². The van der Waals surface area contributed by atoms with Crippen LogP contribution in [0, 0.1) is 5.92 Å². The molecule has 0 amide bonds. The van der Waals surface area contributed by atoms with Crippen molar-refractivity contribution in [1.29, 1.82) is 0 Å². The lowest BCUT2D eigenvalue weighted by Crippen LogP contribution is -2.12. The maximum Gasteiger partial charge on any atom is 0.139 e. The molecule has 3 heteroatoms. The van der Waals surface area contributed by atoms with E-state index in [1.807, 2.05) is 6.07 Å². The minimum absolute atomic E-state index is 0.388. The molecule has 1 aromatic rings. The van der Waals surface area contributed by atoms with Crippen LogP contribution in [0.3, 0.4) is 0 Å². The highest BCUT2D eigenvalue weighted by Gasteiger charge is 2.19. The fraction of sp³-hybridized carbons (Fsp3) is 0.778. The van der Waals surface area contributed by atoms with Gasteiger partial charge in [0.05, 0.1) is 18.2 Å². The number of aromatic nitrogens is 2. The smallest absolute Gasteiger partial charge is 0.139 e. The number of hydrogen-bond acceptors (Lipinski definition) is 2. The fourth-order valence-corrected chi connectivity index (χ4v) is 4.01. The lowest BCUT2D eigenvalue weighted by Gasteiger charge is -2.12. The Labute approximate surface area is 128 Å². The van der Waals surface area contributed by atoms with E-state index in [0.717, 1.165) is 12.1 Å². The van der Waals surface area contributed by atoms with Crippen LogP contribution in [0.25, 0.3) is 0 Å². The summed E-state index contributed by atoms with van der Waals surface area (Å²) in [5.74, 6) is 1.02. The minimum atomic E-state index is 0.388. The van der Waals surface area contributed by atoms with Crippen LogP contribution in [0.4, 0.5) is 0 Å². The zero-order valence-electron chi connectivity index (χ0n) is 13.1. The Hall–Kier alpha value is -1.12. The van der Waals surface area contributed by atoms with Crippen molar-refractivity contribution >= 4 is 5.78 Å². The monoisotopic (exact) mass is 288 g/mol. The molecule has 0 aromatic carbocycles. The number of carbonyl (C=O) groups is 1. The molecular formula is C18H28N2O. The van der Waals surface area contributed by atoms with Crippen LogP contribution in [0.15, 0.2) is 12.3 Å². The van der Waals surface area contributed by atoms with Crippen LogP contribution in [0.2, 0.25) is 0 Å². The minimum Gasteiger partial charge on any atom is -0.299 e. The third kappa shape index (κ3) is 4.18. The van der Waals surface area contributed by atoms with Gasteiger partial charge in [-0.2, -0.15) is 5.10 Å². The SMILES string of the molecule is O=C(Cc1ccn(C2CCCC2)n1)CC1CCCCCC1. The predicted octanol–water partition coefficient (Wildman–Crippen LogP) is 4.47. The van der Waals surface area contributed by atoms with Crippen LogP contribution in [-0.4, -0.2) is 15.6 Å². The Bertz CT molecular complexity index is 452. The first-order valence-electron chi connectivity index (χ1n) is 8.87. The molecule has 2 aliphatic rings. The van der Waals surface area contributed by atoms with E-state index in [4.69, 9.17) is 0 Å². The molecule has 3 rings (SSSR count). The Morgan fingerprint density at radius 2 is 1.71 bits per heavy atom. The first-order chi connectivity index (χ1) is 10.3. The molecule has 1 aromatic heterocycles. The van der Waals surface area contributed by atoms with E-state index in [1.54, 1.807) is 0 Å². The molecule has 0 saturated heterocycles. The van der Waals surface area contributed by atoms with Crippen molar-refractivity contribution in [2.24, 2.45) is 5.92 Å². The van der Waals surface area contributed by atoms with Gasteiger partial charge in [0.2, 0.25) is 0 Å². The lowest BCUT2D eigenvalue weighted by atomic mass is 9.93. The second-order valence-electron chi connectivity index (χ2n) is 7.00. The largest absolute Gasteiger partial charge is 0.299 e. The molecule has 0 aliphatic heterocycles. The Morgan fingerprint density at radius 3 is 2.43 bits per heavy atom. The summed E-state index contributed by atoms with van der Waals surface area (Å²) in [6, 6.07) is 2.62. The standard InChI is InChI=1S/C18H28N2O/c21-18(13-15-7-3-1-2-4-8-15)14-16-11-12-20(19-16)17-9-5-6-10-17/h11-12,15,17H,1-10,13-14H2. The summed E-state index contributed by atoms with van der Waals surface area (Å²) in [7, 11) is 0. The van der Waals surface area contributed by atoms with Gasteiger partial charge in [0, 0.05) is 12.6 Å². The second kappa shape index (κ2) is 7.24. The van der Waals surface area contributed by atoms with Crippen LogP contribution < -0.4 is 0 Å². The lowest BCUT2D eigenvalue weighted by molar-refractivity contribution is -0.119. The van der Waals surface area contributed by atoms with Crippen molar-refractivity contribution in [1.82, 2.24) is 9.78 Å². The third-order valence-corrected chi connectivity index (χ3v) is 5.23. The van der Waals surface area contributed by atoms with Gasteiger partial charge in [-0.25, -0.2) is 0 Å². The van der Waals surface area contributed by atoms with Gasteiger partial charge in [0.1, 0.15) is 5.78 Å². The fourth-order valence-electron chi connectivity index (χ4n) is 4.01. The van der Waals surface area contributed by atoms with Crippen molar-refractivity contribution in [3.05, 3.63) is 18.0 Å². The quantitative estimate of drug-likeness (QED) is 0.749. The van der Waals surface area contributed by atoms with Crippen LogP contribution in [0.5, 0.6) is 0 Å². The molecule has 0 radical (unpaired) electrons. The molecular weight excluding hydrogens is 260 g/mol. The molecule has 1 heterocycles. The number of Topliss-reactive ketones (excluding diaryl/α,β-unsaturated/α-hetero) is 1. The summed E-state index contributed by atoms with van der Waals surface area (Å²) < 4.78 is 2.10. The summed E-state index contributed by atoms with van der Waals surface area (Å²) in [6.45, 7) is 0. The molecule has 0 spiro atoms. The average Bonchev–Trinajstić information content (AvgIpc) is 3.07. The number of rotatable bonds is 5. The van der Waals surface area contributed by atoms with Crippen molar-refractivity contribution in [2.45, 2.75) is 83.1 Å². The molecule has 0 unspecified atom stereocenters. The third-order valence-electron chi connectivity index (χ3n) is 5.23. The summed E-state index contributed by atoms with van der Waals surface area (Å²) in [5, 5.41) is 4.64. The van der Waals surface area contributed by atoms with Gasteiger partial charge < -0.3 is 0 Å². The Morgan fingerprint density at radius 1 is 1.05 bits per heavy atom. The van der Waals surface area contributed by atoms with Crippen LogP contribution in [-0.2, 0) is 11.2 Å². The van der Waals surface area contributed by atoms with E-state index < -0.39 is 0 Å². The van der Waals surface area contributed by atoms with E-state index in [2.05, 4.69) is 16.0 Å². The Balaban J connectivity index is 1.49. The average molecular weight is 288 g/mol. The number of hydrogen-bond donors (Lipinski definition) is 0. The first kappa shape index (κ1) is 14.8. The highest BCUT2D eigenvalue weighted by atomic mass is 16.1. The van der Waals surface area contributed by atoms with Gasteiger partial charge >= 0.3 is 0 Å². The maximum absolute atomic E-state index is 12.3.